The maximum Gasteiger partial charge on any atom is 0.313 e. The molecule has 1 unspecified atom stereocenters. The van der Waals surface area contributed by atoms with E-state index in [1.807, 2.05) is 24.3 Å². The van der Waals surface area contributed by atoms with Crippen molar-refractivity contribution in [2.45, 2.75) is 19.3 Å². The molecule has 18 heavy (non-hydrogen) atoms. The first-order chi connectivity index (χ1) is 8.58. The molecule has 1 aromatic rings. The van der Waals surface area contributed by atoms with Crippen molar-refractivity contribution in [3.8, 4) is 0 Å². The molecule has 0 spiro atoms. The zero-order valence-corrected chi connectivity index (χ0v) is 12.6. The van der Waals surface area contributed by atoms with E-state index >= 15 is 0 Å². The third kappa shape index (κ3) is 4.46. The van der Waals surface area contributed by atoms with Crippen LogP contribution in [-0.2, 0) is 9.53 Å². The fraction of sp³-hybridized carbons (Fsp3) is 0.357. The van der Waals surface area contributed by atoms with Gasteiger partial charge < -0.3 is 4.74 Å². The van der Waals surface area contributed by atoms with Crippen molar-refractivity contribution in [1.29, 1.82) is 0 Å². The van der Waals surface area contributed by atoms with Gasteiger partial charge in [-0.05, 0) is 31.0 Å². The van der Waals surface area contributed by atoms with Crippen LogP contribution < -0.4 is 0 Å². The van der Waals surface area contributed by atoms with Gasteiger partial charge in [-0.25, -0.2) is 0 Å². The van der Waals surface area contributed by atoms with E-state index in [0.717, 1.165) is 15.6 Å². The molecular formula is C14H16BrClO2. The molecule has 0 aliphatic carbocycles. The van der Waals surface area contributed by atoms with Gasteiger partial charge >= 0.3 is 5.97 Å². The van der Waals surface area contributed by atoms with Crippen LogP contribution in [0.5, 0.6) is 0 Å². The predicted octanol–water partition coefficient (Wildman–Crippen LogP) is 4.28. The monoisotopic (exact) mass is 330 g/mol. The average Bonchev–Trinajstić information content (AvgIpc) is 2.37. The minimum Gasteiger partial charge on any atom is -0.466 e. The Kier molecular flexibility index (Phi) is 6.44. The van der Waals surface area contributed by atoms with E-state index in [9.17, 15) is 4.79 Å². The van der Waals surface area contributed by atoms with Gasteiger partial charge in [0.25, 0.3) is 0 Å². The molecule has 0 aliphatic rings. The molecule has 0 saturated carbocycles. The largest absolute Gasteiger partial charge is 0.466 e. The minimum absolute atomic E-state index is 0.230. The van der Waals surface area contributed by atoms with Gasteiger partial charge in [0.1, 0.15) is 0 Å². The van der Waals surface area contributed by atoms with E-state index < -0.39 is 0 Å². The van der Waals surface area contributed by atoms with E-state index in [0.29, 0.717) is 18.9 Å². The molecule has 4 heteroatoms. The molecule has 0 radical (unpaired) electrons. The topological polar surface area (TPSA) is 26.3 Å². The minimum atomic E-state index is -0.329. The number of hydrogen-bond donors (Lipinski definition) is 0. The van der Waals surface area contributed by atoms with Crippen LogP contribution in [0.2, 0.25) is 0 Å². The highest BCUT2D eigenvalue weighted by molar-refractivity contribution is 9.10. The summed E-state index contributed by atoms with van der Waals surface area (Å²) in [7, 11) is 0. The van der Waals surface area contributed by atoms with E-state index in [1.54, 1.807) is 6.92 Å². The van der Waals surface area contributed by atoms with E-state index in [4.69, 9.17) is 16.3 Å². The van der Waals surface area contributed by atoms with Gasteiger partial charge in [0, 0.05) is 10.4 Å². The second-order valence-electron chi connectivity index (χ2n) is 3.94. The summed E-state index contributed by atoms with van der Waals surface area (Å²) in [6, 6.07) is 7.64. The Labute approximate surface area is 121 Å². The summed E-state index contributed by atoms with van der Waals surface area (Å²) in [4.78, 5) is 12.0. The number of alkyl halides is 1. The highest BCUT2D eigenvalue weighted by Gasteiger charge is 2.22. The average molecular weight is 332 g/mol. The molecule has 0 amide bonds. The van der Waals surface area contributed by atoms with Crippen LogP contribution in [0.15, 0.2) is 40.9 Å². The van der Waals surface area contributed by atoms with Crippen LogP contribution in [0, 0.1) is 0 Å². The summed E-state index contributed by atoms with van der Waals surface area (Å²) in [5.74, 6) is -0.206. The van der Waals surface area contributed by atoms with Crippen LogP contribution in [0.25, 0.3) is 0 Å². The highest BCUT2D eigenvalue weighted by atomic mass is 79.9. The quantitative estimate of drug-likeness (QED) is 0.442. The van der Waals surface area contributed by atoms with Crippen LogP contribution in [0.3, 0.4) is 0 Å². The lowest BCUT2D eigenvalue weighted by molar-refractivity contribution is -0.144. The molecule has 0 aromatic heterocycles. The Bertz CT molecular complexity index is 414. The Morgan fingerprint density at radius 2 is 2.06 bits per heavy atom. The van der Waals surface area contributed by atoms with Crippen LogP contribution in [0.1, 0.15) is 24.8 Å². The molecule has 0 aliphatic heterocycles. The number of halogens is 2. The molecule has 2 nitrogen and oxygen atoms in total. The van der Waals surface area contributed by atoms with Gasteiger partial charge in [0.15, 0.2) is 0 Å². The first kappa shape index (κ1) is 15.3. The molecule has 0 heterocycles. The van der Waals surface area contributed by atoms with E-state index in [2.05, 4.69) is 22.5 Å². The lowest BCUT2D eigenvalue weighted by atomic mass is 9.93. The summed E-state index contributed by atoms with van der Waals surface area (Å²) in [5.41, 5.74) is 1.75. The number of rotatable bonds is 6. The summed E-state index contributed by atoms with van der Waals surface area (Å²) < 4.78 is 6.08. The normalized spacial score (nSPS) is 11.9. The third-order valence-electron chi connectivity index (χ3n) is 2.53. The number of ether oxygens (including phenoxy) is 1. The maximum absolute atomic E-state index is 12.0. The van der Waals surface area contributed by atoms with Gasteiger partial charge in [-0.15, -0.1) is 11.6 Å². The Balaban J connectivity index is 2.92. The molecule has 0 saturated heterocycles. The van der Waals surface area contributed by atoms with Crippen molar-refractivity contribution >= 4 is 33.5 Å². The third-order valence-corrected chi connectivity index (χ3v) is 3.43. The zero-order valence-electron chi connectivity index (χ0n) is 10.3. The first-order valence-electron chi connectivity index (χ1n) is 5.73. The molecule has 98 valence electrons. The SMILES string of the molecule is C=C(CCl)CC(C(=O)OCC)c1ccc(Br)cc1. The molecule has 0 bridgehead atoms. The first-order valence-corrected chi connectivity index (χ1v) is 7.06. The molecule has 1 rings (SSSR count). The summed E-state index contributed by atoms with van der Waals surface area (Å²) in [6.07, 6.45) is 0.518. The number of benzene rings is 1. The van der Waals surface area contributed by atoms with Crippen molar-refractivity contribution in [2.24, 2.45) is 0 Å². The lowest BCUT2D eigenvalue weighted by Crippen LogP contribution is -2.17. The maximum atomic E-state index is 12.0. The Hall–Kier alpha value is -0.800. The zero-order chi connectivity index (χ0) is 13.5. The van der Waals surface area contributed by atoms with Gasteiger partial charge in [0.05, 0.1) is 12.5 Å². The number of allylic oxidation sites excluding steroid dienone is 1. The van der Waals surface area contributed by atoms with Gasteiger partial charge in [-0.3, -0.25) is 4.79 Å². The molecule has 1 aromatic carbocycles. The predicted molar refractivity (Wildman–Crippen MR) is 78.0 cm³/mol. The van der Waals surface area contributed by atoms with Crippen molar-refractivity contribution < 1.29 is 9.53 Å². The smallest absolute Gasteiger partial charge is 0.313 e. The highest BCUT2D eigenvalue weighted by Crippen LogP contribution is 2.26. The molecule has 0 fully saturated rings. The standard InChI is InChI=1S/C14H16BrClO2/c1-3-18-14(17)13(8-10(2)9-16)11-4-6-12(15)7-5-11/h4-7,13H,2-3,8-9H2,1H3. The second-order valence-corrected chi connectivity index (χ2v) is 5.13. The van der Waals surface area contributed by atoms with Crippen molar-refractivity contribution in [2.75, 3.05) is 12.5 Å². The fourth-order valence-electron chi connectivity index (χ4n) is 1.62. The molecule has 0 N–H and O–H groups in total. The van der Waals surface area contributed by atoms with Crippen molar-refractivity contribution in [1.82, 2.24) is 0 Å². The fourth-order valence-corrected chi connectivity index (χ4v) is 1.99. The van der Waals surface area contributed by atoms with Gasteiger partial charge in [-0.2, -0.15) is 0 Å². The molecular weight excluding hydrogens is 316 g/mol. The summed E-state index contributed by atoms with van der Waals surface area (Å²) in [6.45, 7) is 6.02. The van der Waals surface area contributed by atoms with Crippen LogP contribution in [-0.4, -0.2) is 18.5 Å². The van der Waals surface area contributed by atoms with Crippen molar-refractivity contribution in [3.05, 3.63) is 46.5 Å². The summed E-state index contributed by atoms with van der Waals surface area (Å²) >= 11 is 9.10. The number of esters is 1. The molecule has 1 atom stereocenters. The second kappa shape index (κ2) is 7.59. The summed E-state index contributed by atoms with van der Waals surface area (Å²) in [5, 5.41) is 0. The number of hydrogen-bond acceptors (Lipinski definition) is 2. The van der Waals surface area contributed by atoms with Gasteiger partial charge in [0.2, 0.25) is 0 Å². The lowest BCUT2D eigenvalue weighted by Gasteiger charge is -2.16. The van der Waals surface area contributed by atoms with Crippen LogP contribution in [0.4, 0.5) is 0 Å². The Morgan fingerprint density at radius 3 is 2.56 bits per heavy atom. The number of carbonyl (C=O) groups is 1. The van der Waals surface area contributed by atoms with Crippen LogP contribution >= 0.6 is 27.5 Å². The number of carbonyl (C=O) groups excluding carboxylic acids is 1. The van der Waals surface area contributed by atoms with E-state index in [-0.39, 0.29) is 11.9 Å². The van der Waals surface area contributed by atoms with Crippen molar-refractivity contribution in [3.63, 3.8) is 0 Å². The van der Waals surface area contributed by atoms with Gasteiger partial charge in [-0.1, -0.05) is 40.2 Å². The van der Waals surface area contributed by atoms with E-state index in [1.165, 1.54) is 0 Å². The Morgan fingerprint density at radius 1 is 1.44 bits per heavy atom.